The van der Waals surface area contributed by atoms with Gasteiger partial charge < -0.3 is 15.1 Å². The summed E-state index contributed by atoms with van der Waals surface area (Å²) in [5.41, 5.74) is -0.758. The van der Waals surface area contributed by atoms with E-state index in [-0.39, 0.29) is 22.7 Å². The monoisotopic (exact) mass is 391 g/mol. The van der Waals surface area contributed by atoms with Gasteiger partial charge in [-0.2, -0.15) is 0 Å². The second-order valence-corrected chi connectivity index (χ2v) is 9.25. The van der Waals surface area contributed by atoms with E-state index in [2.05, 4.69) is 18.8 Å². The molecule has 1 saturated carbocycles. The second-order valence-electron chi connectivity index (χ2n) is 8.20. The van der Waals surface area contributed by atoms with Crippen molar-refractivity contribution in [3.05, 3.63) is 15.8 Å². The Kier molecular flexibility index (Phi) is 6.72. The third-order valence-electron chi connectivity index (χ3n) is 4.78. The highest BCUT2D eigenvalue weighted by molar-refractivity contribution is 7.15. The molecule has 0 atom stereocenters. The molecule has 148 valence electrons. The van der Waals surface area contributed by atoms with Crippen LogP contribution in [0.25, 0.3) is 0 Å². The van der Waals surface area contributed by atoms with E-state index in [1.807, 2.05) is 13.8 Å². The topological polar surface area (TPSA) is 77.8 Å². The maximum atomic E-state index is 13.2. The number of carboxylic acid groups (broad SMARTS) is 1. The van der Waals surface area contributed by atoms with E-state index in [0.29, 0.717) is 16.5 Å². The first-order valence-corrected chi connectivity index (χ1v) is 10.3. The molecule has 0 unspecified atom stereocenters. The van der Waals surface area contributed by atoms with E-state index in [9.17, 15) is 19.8 Å². The number of thiophene rings is 1. The van der Waals surface area contributed by atoms with Crippen molar-refractivity contribution in [3.8, 4) is 11.8 Å². The van der Waals surface area contributed by atoms with E-state index in [1.165, 1.54) is 0 Å². The molecule has 0 aliphatic heterocycles. The molecule has 5 nitrogen and oxygen atoms in total. The number of carbonyl (C=O) groups excluding carboxylic acids is 1. The Balaban J connectivity index is 2.40. The minimum absolute atomic E-state index is 0.000743. The lowest BCUT2D eigenvalue weighted by Crippen LogP contribution is -2.42. The lowest BCUT2D eigenvalue weighted by atomic mass is 9.82. The summed E-state index contributed by atoms with van der Waals surface area (Å²) in [6.07, 6.45) is 3.75. The van der Waals surface area contributed by atoms with Crippen molar-refractivity contribution in [3.63, 3.8) is 0 Å². The quantitative estimate of drug-likeness (QED) is 0.756. The van der Waals surface area contributed by atoms with Gasteiger partial charge in [0.25, 0.3) is 0 Å². The van der Waals surface area contributed by atoms with Gasteiger partial charge in [0.1, 0.15) is 10.5 Å². The van der Waals surface area contributed by atoms with E-state index in [0.717, 1.165) is 37.0 Å². The number of hydrogen-bond donors (Lipinski definition) is 2. The third kappa shape index (κ3) is 5.57. The standard InChI is InChI=1S/C21H29NO4S/c1-13(2)22(19(23)15-8-6-14(3)7-9-15)17-12-16(10-11-21(4,5)26)27-18(17)20(24)25/h12-15,26H,6-9H2,1-5H3,(H,24,25). The van der Waals surface area contributed by atoms with Gasteiger partial charge in [0.15, 0.2) is 0 Å². The zero-order chi connectivity index (χ0) is 20.4. The summed E-state index contributed by atoms with van der Waals surface area (Å²) < 4.78 is 0. The first-order valence-electron chi connectivity index (χ1n) is 9.45. The van der Waals surface area contributed by atoms with E-state index in [4.69, 9.17) is 0 Å². The first-order chi connectivity index (χ1) is 12.5. The Bertz CT molecular complexity index is 755. The number of nitrogens with zero attached hydrogens (tertiary/aromatic N) is 1. The molecule has 1 aromatic heterocycles. The average Bonchev–Trinajstić information content (AvgIpc) is 2.97. The Labute approximate surface area is 165 Å². The molecule has 1 heterocycles. The van der Waals surface area contributed by atoms with Gasteiger partial charge in [-0.05, 0) is 65.4 Å². The zero-order valence-corrected chi connectivity index (χ0v) is 17.5. The van der Waals surface area contributed by atoms with Crippen molar-refractivity contribution in [2.75, 3.05) is 4.90 Å². The average molecular weight is 392 g/mol. The predicted octanol–water partition coefficient (Wildman–Crippen LogP) is 4.14. The molecule has 0 bridgehead atoms. The fraction of sp³-hybridized carbons (Fsp3) is 0.619. The van der Waals surface area contributed by atoms with E-state index >= 15 is 0 Å². The maximum Gasteiger partial charge on any atom is 0.348 e. The molecule has 0 spiro atoms. The van der Waals surface area contributed by atoms with Crippen LogP contribution in [-0.4, -0.2) is 33.7 Å². The SMILES string of the molecule is CC1CCC(C(=O)N(c2cc(C#CC(C)(C)O)sc2C(=O)O)C(C)C)CC1. The molecule has 0 radical (unpaired) electrons. The number of anilines is 1. The van der Waals surface area contributed by atoms with Gasteiger partial charge in [-0.3, -0.25) is 4.79 Å². The normalized spacial score (nSPS) is 20.1. The Morgan fingerprint density at radius 2 is 1.85 bits per heavy atom. The van der Waals surface area contributed by atoms with Crippen LogP contribution in [0.3, 0.4) is 0 Å². The van der Waals surface area contributed by atoms with E-state index in [1.54, 1.807) is 24.8 Å². The number of amides is 1. The molecular formula is C21H29NO4S. The second kappa shape index (κ2) is 8.45. The lowest BCUT2D eigenvalue weighted by molar-refractivity contribution is -0.123. The van der Waals surface area contributed by atoms with Gasteiger partial charge in [0.05, 0.1) is 10.6 Å². The molecule has 0 aromatic carbocycles. The van der Waals surface area contributed by atoms with Crippen LogP contribution in [0.1, 0.15) is 74.9 Å². The molecule has 1 aliphatic carbocycles. The van der Waals surface area contributed by atoms with Crippen LogP contribution in [0, 0.1) is 23.7 Å². The highest BCUT2D eigenvalue weighted by Gasteiger charge is 2.33. The van der Waals surface area contributed by atoms with Crippen LogP contribution in [0.2, 0.25) is 0 Å². The number of aromatic carboxylic acids is 1. The van der Waals surface area contributed by atoms with Crippen LogP contribution in [0.5, 0.6) is 0 Å². The maximum absolute atomic E-state index is 13.2. The number of hydrogen-bond acceptors (Lipinski definition) is 4. The molecular weight excluding hydrogens is 362 g/mol. The van der Waals surface area contributed by atoms with Crippen molar-refractivity contribution >= 4 is 28.9 Å². The molecule has 2 rings (SSSR count). The van der Waals surface area contributed by atoms with Crippen molar-refractivity contribution < 1.29 is 19.8 Å². The summed E-state index contributed by atoms with van der Waals surface area (Å²) in [7, 11) is 0. The summed E-state index contributed by atoms with van der Waals surface area (Å²) in [4.78, 5) is 27.3. The highest BCUT2D eigenvalue weighted by Crippen LogP contribution is 2.36. The summed E-state index contributed by atoms with van der Waals surface area (Å²) in [6, 6.07) is 1.51. The third-order valence-corrected chi connectivity index (χ3v) is 5.80. The van der Waals surface area contributed by atoms with Crippen LogP contribution in [0.4, 0.5) is 5.69 Å². The van der Waals surface area contributed by atoms with Crippen molar-refractivity contribution in [1.82, 2.24) is 0 Å². The molecule has 1 aliphatic rings. The van der Waals surface area contributed by atoms with Gasteiger partial charge in [-0.15, -0.1) is 11.3 Å². The van der Waals surface area contributed by atoms with Crippen molar-refractivity contribution in [2.45, 2.75) is 71.9 Å². The van der Waals surface area contributed by atoms with Gasteiger partial charge in [-0.25, -0.2) is 4.79 Å². The predicted molar refractivity (Wildman–Crippen MR) is 108 cm³/mol. The molecule has 2 N–H and O–H groups in total. The fourth-order valence-electron chi connectivity index (χ4n) is 3.34. The summed E-state index contributed by atoms with van der Waals surface area (Å²) in [6.45, 7) is 9.14. The molecule has 6 heteroatoms. The van der Waals surface area contributed by atoms with Gasteiger partial charge in [-0.1, -0.05) is 18.8 Å². The largest absolute Gasteiger partial charge is 0.477 e. The molecule has 0 saturated heterocycles. The minimum atomic E-state index is -1.17. The zero-order valence-electron chi connectivity index (χ0n) is 16.7. The molecule has 1 amide bonds. The minimum Gasteiger partial charge on any atom is -0.477 e. The van der Waals surface area contributed by atoms with Crippen LogP contribution in [-0.2, 0) is 4.79 Å². The number of rotatable bonds is 4. The fourth-order valence-corrected chi connectivity index (χ4v) is 4.19. The van der Waals surface area contributed by atoms with Crippen molar-refractivity contribution in [1.29, 1.82) is 0 Å². The van der Waals surface area contributed by atoms with Crippen LogP contribution in [0.15, 0.2) is 6.07 Å². The summed E-state index contributed by atoms with van der Waals surface area (Å²) in [5, 5.41) is 19.4. The number of aliphatic hydroxyl groups is 1. The Morgan fingerprint density at radius 3 is 2.33 bits per heavy atom. The van der Waals surface area contributed by atoms with Crippen molar-refractivity contribution in [2.24, 2.45) is 11.8 Å². The first kappa shape index (κ1) is 21.5. The lowest BCUT2D eigenvalue weighted by Gasteiger charge is -2.33. The van der Waals surface area contributed by atoms with Gasteiger partial charge in [0.2, 0.25) is 5.91 Å². The summed E-state index contributed by atoms with van der Waals surface area (Å²) in [5.74, 6) is 5.05. The summed E-state index contributed by atoms with van der Waals surface area (Å²) >= 11 is 1.04. The Hall–Kier alpha value is -1.84. The Morgan fingerprint density at radius 1 is 1.26 bits per heavy atom. The smallest absolute Gasteiger partial charge is 0.348 e. The highest BCUT2D eigenvalue weighted by atomic mass is 32.1. The number of carbonyl (C=O) groups is 2. The molecule has 1 fully saturated rings. The number of carboxylic acids is 1. The van der Waals surface area contributed by atoms with Crippen LogP contribution >= 0.6 is 11.3 Å². The van der Waals surface area contributed by atoms with Gasteiger partial charge in [0, 0.05) is 12.0 Å². The van der Waals surface area contributed by atoms with Crippen LogP contribution < -0.4 is 4.90 Å². The van der Waals surface area contributed by atoms with Gasteiger partial charge >= 0.3 is 5.97 Å². The van der Waals surface area contributed by atoms with E-state index < -0.39 is 11.6 Å². The molecule has 27 heavy (non-hydrogen) atoms. The molecule has 1 aromatic rings.